The van der Waals surface area contributed by atoms with Gasteiger partial charge in [-0.25, -0.2) is 4.98 Å². The van der Waals surface area contributed by atoms with Crippen LogP contribution in [0.25, 0.3) is 10.2 Å². The van der Waals surface area contributed by atoms with Gasteiger partial charge < -0.3 is 15.7 Å². The molecule has 0 bridgehead atoms. The third-order valence-electron chi connectivity index (χ3n) is 3.18. The Hall–Kier alpha value is -1.40. The topological polar surface area (TPSA) is 70.1 Å². The predicted octanol–water partition coefficient (Wildman–Crippen LogP) is 3.26. The molecule has 3 N–H and O–H groups in total. The van der Waals surface area contributed by atoms with Crippen molar-refractivity contribution in [2.45, 2.75) is 46.1 Å². The average Bonchev–Trinajstić information content (AvgIpc) is 2.88. The zero-order valence-electron chi connectivity index (χ0n) is 13.2. The molecule has 0 spiro atoms. The molecule has 116 valence electrons. The first-order valence-electron chi connectivity index (χ1n) is 7.42. The SMILES string of the molecule is CCCNc1nc(NC(C)(C)CO)c2cc(CC)sc2n1. The van der Waals surface area contributed by atoms with Crippen LogP contribution in [0.15, 0.2) is 6.07 Å². The van der Waals surface area contributed by atoms with Gasteiger partial charge in [0.25, 0.3) is 0 Å². The highest BCUT2D eigenvalue weighted by Gasteiger charge is 2.20. The highest BCUT2D eigenvalue weighted by Crippen LogP contribution is 2.31. The summed E-state index contributed by atoms with van der Waals surface area (Å²) < 4.78 is 0. The van der Waals surface area contributed by atoms with E-state index in [1.165, 1.54) is 4.88 Å². The van der Waals surface area contributed by atoms with Gasteiger partial charge in [0.05, 0.1) is 17.5 Å². The lowest BCUT2D eigenvalue weighted by Crippen LogP contribution is -2.35. The summed E-state index contributed by atoms with van der Waals surface area (Å²) in [6.07, 6.45) is 2.01. The van der Waals surface area contributed by atoms with Gasteiger partial charge in [0.15, 0.2) is 0 Å². The summed E-state index contributed by atoms with van der Waals surface area (Å²) in [4.78, 5) is 11.4. The van der Waals surface area contributed by atoms with Crippen LogP contribution >= 0.6 is 11.3 Å². The Labute approximate surface area is 129 Å². The first kappa shape index (κ1) is 16.0. The molecule has 0 fully saturated rings. The van der Waals surface area contributed by atoms with E-state index in [4.69, 9.17) is 0 Å². The van der Waals surface area contributed by atoms with E-state index < -0.39 is 5.54 Å². The molecule has 0 radical (unpaired) electrons. The molecule has 0 amide bonds. The Kier molecular flexibility index (Phi) is 5.00. The summed E-state index contributed by atoms with van der Waals surface area (Å²) in [5.41, 5.74) is -0.419. The van der Waals surface area contributed by atoms with Crippen molar-refractivity contribution < 1.29 is 5.11 Å². The molecule has 0 saturated carbocycles. The lowest BCUT2D eigenvalue weighted by molar-refractivity contribution is 0.234. The van der Waals surface area contributed by atoms with E-state index in [1.807, 2.05) is 13.8 Å². The molecule has 0 saturated heterocycles. The molecule has 0 aliphatic heterocycles. The molecule has 0 unspecified atom stereocenters. The maximum atomic E-state index is 9.47. The zero-order chi connectivity index (χ0) is 15.5. The van der Waals surface area contributed by atoms with Crippen LogP contribution in [0.4, 0.5) is 11.8 Å². The van der Waals surface area contributed by atoms with Crippen LogP contribution in [-0.4, -0.2) is 33.8 Å². The number of hydrogen-bond acceptors (Lipinski definition) is 6. The molecule has 2 rings (SSSR count). The average molecular weight is 308 g/mol. The van der Waals surface area contributed by atoms with E-state index in [1.54, 1.807) is 11.3 Å². The number of aryl methyl sites for hydroxylation is 1. The van der Waals surface area contributed by atoms with Crippen molar-refractivity contribution in [3.8, 4) is 0 Å². The number of aliphatic hydroxyl groups is 1. The number of aliphatic hydroxyl groups excluding tert-OH is 1. The molecule has 2 aromatic rings. The Morgan fingerprint density at radius 3 is 2.67 bits per heavy atom. The van der Waals surface area contributed by atoms with E-state index in [0.717, 1.165) is 35.4 Å². The van der Waals surface area contributed by atoms with Crippen molar-refractivity contribution >= 4 is 33.3 Å². The highest BCUT2D eigenvalue weighted by molar-refractivity contribution is 7.18. The summed E-state index contributed by atoms with van der Waals surface area (Å²) >= 11 is 1.70. The van der Waals surface area contributed by atoms with Gasteiger partial charge in [-0.3, -0.25) is 0 Å². The zero-order valence-corrected chi connectivity index (χ0v) is 14.0. The number of nitrogens with zero attached hydrogens (tertiary/aromatic N) is 2. The number of nitrogens with one attached hydrogen (secondary N) is 2. The first-order chi connectivity index (χ1) is 9.99. The van der Waals surface area contributed by atoms with Crippen molar-refractivity contribution in [1.82, 2.24) is 9.97 Å². The highest BCUT2D eigenvalue weighted by atomic mass is 32.1. The van der Waals surface area contributed by atoms with Crippen molar-refractivity contribution in [1.29, 1.82) is 0 Å². The maximum absolute atomic E-state index is 9.47. The normalized spacial score (nSPS) is 11.9. The number of fused-ring (bicyclic) bond motifs is 1. The van der Waals surface area contributed by atoms with Gasteiger partial charge in [0.1, 0.15) is 10.6 Å². The molecule has 0 aliphatic rings. The minimum absolute atomic E-state index is 0.0426. The van der Waals surface area contributed by atoms with E-state index in [2.05, 4.69) is 40.5 Å². The molecule has 0 atom stereocenters. The smallest absolute Gasteiger partial charge is 0.226 e. The van der Waals surface area contributed by atoms with Crippen LogP contribution in [0.5, 0.6) is 0 Å². The molecule has 5 nitrogen and oxygen atoms in total. The van der Waals surface area contributed by atoms with Crippen LogP contribution in [0.1, 0.15) is 39.0 Å². The number of hydrogen-bond donors (Lipinski definition) is 3. The Bertz CT molecular complexity index is 609. The van der Waals surface area contributed by atoms with Gasteiger partial charge in [0.2, 0.25) is 5.95 Å². The van der Waals surface area contributed by atoms with Gasteiger partial charge >= 0.3 is 0 Å². The third kappa shape index (κ3) is 3.83. The summed E-state index contributed by atoms with van der Waals surface area (Å²) in [5, 5.41) is 17.1. The Morgan fingerprint density at radius 2 is 2.05 bits per heavy atom. The van der Waals surface area contributed by atoms with Crippen LogP contribution in [-0.2, 0) is 6.42 Å². The summed E-state index contributed by atoms with van der Waals surface area (Å²) in [6.45, 7) is 9.04. The molecule has 6 heteroatoms. The van der Waals surface area contributed by atoms with Gasteiger partial charge in [-0.15, -0.1) is 11.3 Å². The molecule has 2 aromatic heterocycles. The Morgan fingerprint density at radius 1 is 1.29 bits per heavy atom. The van der Waals surface area contributed by atoms with Crippen LogP contribution in [0.3, 0.4) is 0 Å². The van der Waals surface area contributed by atoms with E-state index in [9.17, 15) is 5.11 Å². The van der Waals surface area contributed by atoms with Crippen molar-refractivity contribution in [2.24, 2.45) is 0 Å². The third-order valence-corrected chi connectivity index (χ3v) is 4.35. The predicted molar refractivity (Wildman–Crippen MR) is 90.4 cm³/mol. The van der Waals surface area contributed by atoms with E-state index >= 15 is 0 Å². The van der Waals surface area contributed by atoms with Crippen molar-refractivity contribution in [2.75, 3.05) is 23.8 Å². The van der Waals surface area contributed by atoms with Crippen molar-refractivity contribution in [3.05, 3.63) is 10.9 Å². The second kappa shape index (κ2) is 6.58. The second-order valence-electron chi connectivity index (χ2n) is 5.77. The fourth-order valence-corrected chi connectivity index (χ4v) is 2.88. The summed E-state index contributed by atoms with van der Waals surface area (Å²) in [5.74, 6) is 1.43. The summed E-state index contributed by atoms with van der Waals surface area (Å²) in [7, 11) is 0. The van der Waals surface area contributed by atoms with Gasteiger partial charge in [-0.1, -0.05) is 13.8 Å². The fourth-order valence-electron chi connectivity index (χ4n) is 1.92. The molecular formula is C15H24N4OS. The largest absolute Gasteiger partial charge is 0.394 e. The number of thiophene rings is 1. The van der Waals surface area contributed by atoms with Crippen LogP contribution in [0, 0.1) is 0 Å². The monoisotopic (exact) mass is 308 g/mol. The molecule has 2 heterocycles. The fraction of sp³-hybridized carbons (Fsp3) is 0.600. The summed E-state index contributed by atoms with van der Waals surface area (Å²) in [6, 6.07) is 2.14. The van der Waals surface area contributed by atoms with E-state index in [0.29, 0.717) is 5.95 Å². The van der Waals surface area contributed by atoms with Gasteiger partial charge in [0, 0.05) is 11.4 Å². The molecule has 21 heavy (non-hydrogen) atoms. The Balaban J connectivity index is 2.45. The molecule has 0 aliphatic carbocycles. The van der Waals surface area contributed by atoms with Gasteiger partial charge in [-0.2, -0.15) is 4.98 Å². The quantitative estimate of drug-likeness (QED) is 0.732. The van der Waals surface area contributed by atoms with E-state index in [-0.39, 0.29) is 6.61 Å². The minimum Gasteiger partial charge on any atom is -0.394 e. The number of anilines is 2. The number of aromatic nitrogens is 2. The molecular weight excluding hydrogens is 284 g/mol. The first-order valence-corrected chi connectivity index (χ1v) is 8.24. The lowest BCUT2D eigenvalue weighted by Gasteiger charge is -2.24. The lowest BCUT2D eigenvalue weighted by atomic mass is 10.1. The molecule has 0 aromatic carbocycles. The second-order valence-corrected chi connectivity index (χ2v) is 6.89. The van der Waals surface area contributed by atoms with Crippen molar-refractivity contribution in [3.63, 3.8) is 0 Å². The maximum Gasteiger partial charge on any atom is 0.226 e. The standard InChI is InChI=1S/C15H24N4OS/c1-5-7-16-14-17-12(19-15(3,4)9-20)11-8-10(6-2)21-13(11)18-14/h8,20H,5-7,9H2,1-4H3,(H2,16,17,18,19). The van der Waals surface area contributed by atoms with Crippen LogP contribution in [0.2, 0.25) is 0 Å². The van der Waals surface area contributed by atoms with Gasteiger partial charge in [-0.05, 0) is 32.8 Å². The minimum atomic E-state index is -0.419. The number of rotatable bonds is 7. The van der Waals surface area contributed by atoms with Crippen LogP contribution < -0.4 is 10.6 Å².